The van der Waals surface area contributed by atoms with Gasteiger partial charge in [-0.25, -0.2) is 4.18 Å². The second kappa shape index (κ2) is 11.6. The van der Waals surface area contributed by atoms with Crippen LogP contribution in [0.2, 0.25) is 0 Å². The number of rotatable bonds is 9. The van der Waals surface area contributed by atoms with Gasteiger partial charge in [0.1, 0.15) is 60.3 Å². The van der Waals surface area contributed by atoms with E-state index in [0.717, 1.165) is 0 Å². The van der Waals surface area contributed by atoms with Gasteiger partial charge in [0.15, 0.2) is 6.29 Å². The van der Waals surface area contributed by atoms with Crippen molar-refractivity contribution in [1.82, 2.24) is 0 Å². The topological polar surface area (TPSA) is 231 Å². The van der Waals surface area contributed by atoms with Crippen molar-refractivity contribution < 1.29 is 71.5 Å². The first-order chi connectivity index (χ1) is 16.5. The van der Waals surface area contributed by atoms with Crippen LogP contribution in [0.4, 0.5) is 0 Å². The molecule has 2 aliphatic rings. The van der Waals surface area contributed by atoms with Crippen LogP contribution in [0.1, 0.15) is 0 Å². The predicted molar refractivity (Wildman–Crippen MR) is 110 cm³/mol. The highest BCUT2D eigenvalue weighted by atomic mass is 32.3. The van der Waals surface area contributed by atoms with Gasteiger partial charge in [0.05, 0.1) is 20.3 Å². The van der Waals surface area contributed by atoms with Crippen LogP contribution in [0.3, 0.4) is 0 Å². The molecule has 1 aromatic carbocycles. The van der Waals surface area contributed by atoms with Crippen LogP contribution in [0.25, 0.3) is 0 Å². The molecule has 0 spiro atoms. The van der Waals surface area contributed by atoms with Crippen LogP contribution >= 0.6 is 0 Å². The normalized spacial score (nSPS) is 38.2. The van der Waals surface area contributed by atoms with Crippen LogP contribution < -0.4 is 9.47 Å². The quantitative estimate of drug-likeness (QED) is 0.154. The highest BCUT2D eigenvalue weighted by Gasteiger charge is 2.53. The third-order valence-electron chi connectivity index (χ3n) is 5.48. The minimum Gasteiger partial charge on any atom is -0.497 e. The largest absolute Gasteiger partial charge is 0.497 e. The van der Waals surface area contributed by atoms with Crippen LogP contribution in [0.5, 0.6) is 11.5 Å². The summed E-state index contributed by atoms with van der Waals surface area (Å²) >= 11 is 0. The van der Waals surface area contributed by atoms with Crippen molar-refractivity contribution in [3.05, 3.63) is 24.3 Å². The second-order valence-electron chi connectivity index (χ2n) is 7.80. The van der Waals surface area contributed by atoms with E-state index in [-0.39, 0.29) is 5.75 Å². The molecule has 2 fully saturated rings. The van der Waals surface area contributed by atoms with Crippen LogP contribution in [-0.4, -0.2) is 125 Å². The van der Waals surface area contributed by atoms with E-state index in [2.05, 4.69) is 4.18 Å². The summed E-state index contributed by atoms with van der Waals surface area (Å²) in [7, 11) is -3.72. The summed E-state index contributed by atoms with van der Waals surface area (Å²) < 4.78 is 63.4. The molecule has 35 heavy (non-hydrogen) atoms. The predicted octanol–water partition coefficient (Wildman–Crippen LogP) is -3.47. The molecule has 16 heteroatoms. The van der Waals surface area contributed by atoms with Crippen molar-refractivity contribution in [2.24, 2.45) is 0 Å². The first kappa shape index (κ1) is 27.9. The number of aliphatic hydroxyl groups is 6. The fourth-order valence-corrected chi connectivity index (χ4v) is 4.19. The zero-order valence-corrected chi connectivity index (χ0v) is 19.1. The number of ether oxygens (including phenoxy) is 5. The molecule has 200 valence electrons. The van der Waals surface area contributed by atoms with E-state index in [4.69, 9.17) is 23.7 Å². The SMILES string of the molecule is COc1ccc(O[C@@H]2O[C@H](CO)[C@H](OS(=O)(=O)O)[C@H](O[C@@H]3O[C@H](CO)[C@H](O)[C@H](O)[C@H]3O)[C@H]2O)cc1. The third-order valence-corrected chi connectivity index (χ3v) is 5.94. The molecule has 7 N–H and O–H groups in total. The molecule has 1 aromatic rings. The highest BCUT2D eigenvalue weighted by molar-refractivity contribution is 7.80. The molecular formula is C19H28O15S. The Morgan fingerprint density at radius 3 is 1.91 bits per heavy atom. The Morgan fingerprint density at radius 1 is 0.800 bits per heavy atom. The summed E-state index contributed by atoms with van der Waals surface area (Å²) in [4.78, 5) is 0. The fraction of sp³-hybridized carbons (Fsp3) is 0.684. The summed E-state index contributed by atoms with van der Waals surface area (Å²) in [6.45, 7) is -1.67. The molecule has 0 amide bonds. The number of hydrogen-bond donors (Lipinski definition) is 7. The zero-order valence-electron chi connectivity index (χ0n) is 18.3. The van der Waals surface area contributed by atoms with E-state index in [9.17, 15) is 43.6 Å². The molecule has 0 aromatic heterocycles. The number of methoxy groups -OCH3 is 1. The maximum atomic E-state index is 11.4. The lowest BCUT2D eigenvalue weighted by atomic mass is 9.97. The van der Waals surface area contributed by atoms with Gasteiger partial charge >= 0.3 is 10.4 Å². The number of benzene rings is 1. The molecule has 15 nitrogen and oxygen atoms in total. The third kappa shape index (κ3) is 6.56. The lowest BCUT2D eigenvalue weighted by Crippen LogP contribution is -2.65. The van der Waals surface area contributed by atoms with E-state index in [1.807, 2.05) is 0 Å². The molecule has 2 saturated heterocycles. The Balaban J connectivity index is 1.88. The average Bonchev–Trinajstić information content (AvgIpc) is 2.82. The molecule has 2 aliphatic heterocycles. The van der Waals surface area contributed by atoms with Gasteiger partial charge in [0, 0.05) is 0 Å². The Bertz CT molecular complexity index is 909. The Hall–Kier alpha value is -1.67. The molecule has 0 bridgehead atoms. The lowest BCUT2D eigenvalue weighted by Gasteiger charge is -2.46. The maximum Gasteiger partial charge on any atom is 0.397 e. The molecule has 0 radical (unpaired) electrons. The van der Waals surface area contributed by atoms with E-state index in [0.29, 0.717) is 5.75 Å². The summed E-state index contributed by atoms with van der Waals surface area (Å²) in [5, 5.41) is 60.2. The van der Waals surface area contributed by atoms with Crippen molar-refractivity contribution in [1.29, 1.82) is 0 Å². The molecule has 2 heterocycles. The fourth-order valence-electron chi connectivity index (χ4n) is 3.67. The number of hydrogen-bond acceptors (Lipinski definition) is 14. The molecule has 0 unspecified atom stereocenters. The van der Waals surface area contributed by atoms with E-state index < -0.39 is 85.0 Å². The molecule has 0 aliphatic carbocycles. The minimum absolute atomic E-state index is 0.173. The van der Waals surface area contributed by atoms with Crippen molar-refractivity contribution in [2.75, 3.05) is 20.3 Å². The average molecular weight is 528 g/mol. The highest BCUT2D eigenvalue weighted by Crippen LogP contribution is 2.32. The van der Waals surface area contributed by atoms with Gasteiger partial charge in [0.25, 0.3) is 0 Å². The van der Waals surface area contributed by atoms with Gasteiger partial charge in [-0.1, -0.05) is 0 Å². The molecule has 3 rings (SSSR count). The van der Waals surface area contributed by atoms with E-state index in [1.165, 1.54) is 19.2 Å². The van der Waals surface area contributed by atoms with Gasteiger partial charge in [-0.3, -0.25) is 4.55 Å². The first-order valence-corrected chi connectivity index (χ1v) is 11.7. The molecule has 10 atom stereocenters. The number of aliphatic hydroxyl groups excluding tert-OH is 6. The van der Waals surface area contributed by atoms with Crippen molar-refractivity contribution in [3.63, 3.8) is 0 Å². The standard InChI is InChI=1S/C19H28O15S/c1-29-8-2-4-9(5-3-8)30-19-15(25)17(16(11(7-21)32-19)34-35(26,27)28)33-18-14(24)13(23)12(22)10(6-20)31-18/h2-5,10-25H,6-7H2,1H3,(H,26,27,28)/t10-,11-,12+,13+,14-,15-,16+,17-,18+,19-/m1/s1. The van der Waals surface area contributed by atoms with Gasteiger partial charge < -0.3 is 54.3 Å². The Kier molecular flexibility index (Phi) is 9.24. The summed E-state index contributed by atoms with van der Waals surface area (Å²) in [6.07, 6.45) is -17.4. The van der Waals surface area contributed by atoms with E-state index >= 15 is 0 Å². The lowest BCUT2D eigenvalue weighted by molar-refractivity contribution is -0.350. The zero-order chi connectivity index (χ0) is 25.9. The Morgan fingerprint density at radius 2 is 1.37 bits per heavy atom. The van der Waals surface area contributed by atoms with Crippen molar-refractivity contribution >= 4 is 10.4 Å². The van der Waals surface area contributed by atoms with Gasteiger partial charge in [-0.15, -0.1) is 0 Å². The minimum atomic E-state index is -5.17. The van der Waals surface area contributed by atoms with E-state index in [1.54, 1.807) is 12.1 Å². The summed E-state index contributed by atoms with van der Waals surface area (Å²) in [5.74, 6) is 0.674. The Labute approximate surface area is 199 Å². The van der Waals surface area contributed by atoms with Crippen LogP contribution in [0.15, 0.2) is 24.3 Å². The van der Waals surface area contributed by atoms with Gasteiger partial charge in [-0.05, 0) is 24.3 Å². The molecule has 0 saturated carbocycles. The maximum absolute atomic E-state index is 11.4. The second-order valence-corrected chi connectivity index (χ2v) is 8.84. The van der Waals surface area contributed by atoms with Crippen molar-refractivity contribution in [2.45, 2.75) is 61.4 Å². The van der Waals surface area contributed by atoms with Gasteiger partial charge in [0.2, 0.25) is 6.29 Å². The summed E-state index contributed by atoms with van der Waals surface area (Å²) in [6, 6.07) is 6.02. The first-order valence-electron chi connectivity index (χ1n) is 10.4. The smallest absolute Gasteiger partial charge is 0.397 e. The summed E-state index contributed by atoms with van der Waals surface area (Å²) in [5.41, 5.74) is 0. The van der Waals surface area contributed by atoms with Crippen LogP contribution in [0, 0.1) is 0 Å². The monoisotopic (exact) mass is 528 g/mol. The molecular weight excluding hydrogens is 500 g/mol. The van der Waals surface area contributed by atoms with Crippen molar-refractivity contribution in [3.8, 4) is 11.5 Å². The van der Waals surface area contributed by atoms with Crippen LogP contribution in [-0.2, 0) is 28.8 Å². The van der Waals surface area contributed by atoms with Gasteiger partial charge in [-0.2, -0.15) is 8.42 Å².